The summed E-state index contributed by atoms with van der Waals surface area (Å²) in [7, 11) is 1.66. The fourth-order valence-electron chi connectivity index (χ4n) is 3.48. The van der Waals surface area contributed by atoms with Gasteiger partial charge in [0.05, 0.1) is 4.92 Å². The molecule has 3 atom stereocenters. The maximum Gasteiger partial charge on any atom is 0.427 e. The van der Waals surface area contributed by atoms with E-state index in [1.807, 2.05) is 18.2 Å². The number of hydrogen-bond acceptors (Lipinski definition) is 7. The Hall–Kier alpha value is -3.01. The van der Waals surface area contributed by atoms with Gasteiger partial charge in [-0.15, -0.1) is 0 Å². The van der Waals surface area contributed by atoms with Crippen LogP contribution in [0.25, 0.3) is 0 Å². The van der Waals surface area contributed by atoms with E-state index in [-0.39, 0.29) is 29.4 Å². The summed E-state index contributed by atoms with van der Waals surface area (Å²) in [5.74, 6) is 0.382. The van der Waals surface area contributed by atoms with E-state index < -0.39 is 11.0 Å². The second-order valence-electron chi connectivity index (χ2n) is 6.75. The van der Waals surface area contributed by atoms with E-state index in [0.717, 1.165) is 13.0 Å². The highest BCUT2D eigenvalue weighted by Crippen LogP contribution is 2.27. The average Bonchev–Trinajstić information content (AvgIpc) is 3.14. The van der Waals surface area contributed by atoms with E-state index in [4.69, 9.17) is 9.47 Å². The molecule has 0 bridgehead atoms. The third kappa shape index (κ3) is 5.50. The molecule has 3 rings (SSSR count). The summed E-state index contributed by atoms with van der Waals surface area (Å²) in [5, 5.41) is 14.2. The largest absolute Gasteiger partial charge is 0.427 e. The Morgan fingerprint density at radius 1 is 1.21 bits per heavy atom. The van der Waals surface area contributed by atoms with Gasteiger partial charge in [0.2, 0.25) is 0 Å². The quantitative estimate of drug-likeness (QED) is 0.460. The number of benzene rings is 2. The van der Waals surface area contributed by atoms with Crippen molar-refractivity contribution >= 4 is 11.8 Å². The number of carbonyl (C=O) groups excluding carboxylic acids is 1. The molecule has 9 nitrogen and oxygen atoms in total. The van der Waals surface area contributed by atoms with Crippen molar-refractivity contribution in [2.24, 2.45) is 0 Å². The van der Waals surface area contributed by atoms with Crippen LogP contribution in [0.3, 0.4) is 0 Å². The monoisotopic (exact) mass is 400 g/mol. The first kappa shape index (κ1) is 20.7. The van der Waals surface area contributed by atoms with Crippen LogP contribution in [0.2, 0.25) is 0 Å². The SMILES string of the molecule is COCCC1NCC(c2ccccc2)C1NNC(=O)Oc1ccc([N+](=O)[O-])cc1. The van der Waals surface area contributed by atoms with Gasteiger partial charge in [0, 0.05) is 50.4 Å². The van der Waals surface area contributed by atoms with Crippen LogP contribution in [0.4, 0.5) is 10.5 Å². The van der Waals surface area contributed by atoms with E-state index in [2.05, 4.69) is 28.3 Å². The van der Waals surface area contributed by atoms with Crippen molar-refractivity contribution in [1.29, 1.82) is 0 Å². The molecule has 0 aliphatic carbocycles. The molecule has 9 heteroatoms. The van der Waals surface area contributed by atoms with Crippen LogP contribution in [-0.4, -0.2) is 43.4 Å². The van der Waals surface area contributed by atoms with Crippen molar-refractivity contribution < 1.29 is 19.2 Å². The van der Waals surface area contributed by atoms with E-state index in [1.165, 1.54) is 29.8 Å². The molecule has 154 valence electrons. The van der Waals surface area contributed by atoms with Gasteiger partial charge in [0.25, 0.3) is 5.69 Å². The van der Waals surface area contributed by atoms with Crippen LogP contribution in [0.5, 0.6) is 5.75 Å². The first-order chi connectivity index (χ1) is 14.1. The van der Waals surface area contributed by atoms with Gasteiger partial charge in [-0.2, -0.15) is 0 Å². The molecule has 0 saturated carbocycles. The summed E-state index contributed by atoms with van der Waals surface area (Å²) < 4.78 is 10.4. The van der Waals surface area contributed by atoms with Crippen molar-refractivity contribution in [3.8, 4) is 5.75 Å². The van der Waals surface area contributed by atoms with Gasteiger partial charge in [0.15, 0.2) is 0 Å². The molecule has 1 heterocycles. The van der Waals surface area contributed by atoms with Gasteiger partial charge < -0.3 is 14.8 Å². The third-order valence-electron chi connectivity index (χ3n) is 4.93. The number of amides is 1. The van der Waals surface area contributed by atoms with Gasteiger partial charge in [-0.3, -0.25) is 15.5 Å². The van der Waals surface area contributed by atoms with Crippen LogP contribution < -0.4 is 20.9 Å². The minimum absolute atomic E-state index is 0.0584. The Kier molecular flexibility index (Phi) is 7.12. The summed E-state index contributed by atoms with van der Waals surface area (Å²) in [6, 6.07) is 15.5. The number of methoxy groups -OCH3 is 1. The lowest BCUT2D eigenvalue weighted by molar-refractivity contribution is -0.384. The van der Waals surface area contributed by atoms with Crippen LogP contribution >= 0.6 is 0 Å². The number of carbonyl (C=O) groups is 1. The second kappa shape index (κ2) is 9.97. The molecule has 2 aromatic rings. The topological polar surface area (TPSA) is 115 Å². The molecule has 29 heavy (non-hydrogen) atoms. The van der Waals surface area contributed by atoms with Gasteiger partial charge in [-0.25, -0.2) is 10.2 Å². The summed E-state index contributed by atoms with van der Waals surface area (Å²) in [4.78, 5) is 22.4. The molecule has 2 aromatic carbocycles. The number of nitrogens with zero attached hydrogens (tertiary/aromatic N) is 1. The fourth-order valence-corrected chi connectivity index (χ4v) is 3.48. The van der Waals surface area contributed by atoms with Gasteiger partial charge in [-0.05, 0) is 24.1 Å². The third-order valence-corrected chi connectivity index (χ3v) is 4.93. The Balaban J connectivity index is 1.61. The zero-order valence-corrected chi connectivity index (χ0v) is 16.0. The molecule has 3 unspecified atom stereocenters. The van der Waals surface area contributed by atoms with Crippen molar-refractivity contribution in [1.82, 2.24) is 16.2 Å². The highest BCUT2D eigenvalue weighted by Gasteiger charge is 2.36. The number of ether oxygens (including phenoxy) is 2. The van der Waals surface area contributed by atoms with Gasteiger partial charge in [-0.1, -0.05) is 30.3 Å². The number of hydrogen-bond donors (Lipinski definition) is 3. The molecule has 1 aliphatic rings. The molecular formula is C20H24N4O5. The van der Waals surface area contributed by atoms with E-state index in [0.29, 0.717) is 6.61 Å². The molecule has 1 saturated heterocycles. The average molecular weight is 400 g/mol. The van der Waals surface area contributed by atoms with E-state index in [1.54, 1.807) is 7.11 Å². The predicted molar refractivity (Wildman–Crippen MR) is 107 cm³/mol. The zero-order chi connectivity index (χ0) is 20.6. The van der Waals surface area contributed by atoms with E-state index >= 15 is 0 Å². The molecular weight excluding hydrogens is 376 g/mol. The van der Waals surface area contributed by atoms with Crippen LogP contribution in [0.1, 0.15) is 17.9 Å². The van der Waals surface area contributed by atoms with Gasteiger partial charge in [0.1, 0.15) is 5.75 Å². The summed E-state index contributed by atoms with van der Waals surface area (Å²) in [6.45, 7) is 1.37. The van der Waals surface area contributed by atoms with E-state index in [9.17, 15) is 14.9 Å². The highest BCUT2D eigenvalue weighted by molar-refractivity contribution is 5.69. The molecule has 3 N–H and O–H groups in total. The number of nitro groups is 1. The molecule has 0 spiro atoms. The zero-order valence-electron chi connectivity index (χ0n) is 16.0. The molecule has 0 radical (unpaired) electrons. The van der Waals surface area contributed by atoms with Crippen LogP contribution in [-0.2, 0) is 4.74 Å². The fraction of sp³-hybridized carbons (Fsp3) is 0.350. The van der Waals surface area contributed by atoms with Crippen molar-refractivity contribution in [2.75, 3.05) is 20.3 Å². The Morgan fingerprint density at radius 3 is 2.59 bits per heavy atom. The molecule has 1 aliphatic heterocycles. The maximum atomic E-state index is 12.2. The summed E-state index contributed by atoms with van der Waals surface area (Å²) in [5.41, 5.74) is 6.78. The summed E-state index contributed by atoms with van der Waals surface area (Å²) in [6.07, 6.45) is 0.0967. The van der Waals surface area contributed by atoms with Crippen molar-refractivity contribution in [3.05, 3.63) is 70.3 Å². The highest BCUT2D eigenvalue weighted by atomic mass is 16.6. The lowest BCUT2D eigenvalue weighted by Gasteiger charge is -2.25. The lowest BCUT2D eigenvalue weighted by Crippen LogP contribution is -2.52. The maximum absolute atomic E-state index is 12.2. The first-order valence-corrected chi connectivity index (χ1v) is 9.33. The standard InChI is InChI=1S/C20H24N4O5/c1-28-12-11-18-19(17(13-21-18)14-5-3-2-4-6-14)22-23-20(25)29-16-9-7-15(8-10-16)24(26)27/h2-10,17-19,21-22H,11-13H2,1H3,(H,23,25). The number of nitrogens with one attached hydrogen (secondary N) is 3. The second-order valence-corrected chi connectivity index (χ2v) is 6.75. The number of hydrazine groups is 1. The smallest absolute Gasteiger partial charge is 0.409 e. The van der Waals surface area contributed by atoms with Crippen LogP contribution in [0.15, 0.2) is 54.6 Å². The number of non-ortho nitro benzene ring substituents is 1. The minimum atomic E-state index is -0.692. The minimum Gasteiger partial charge on any atom is -0.409 e. The van der Waals surface area contributed by atoms with Crippen LogP contribution in [0, 0.1) is 10.1 Å². The number of nitro benzene ring substituents is 1. The normalized spacial score (nSPS) is 20.9. The Morgan fingerprint density at radius 2 is 1.93 bits per heavy atom. The lowest BCUT2D eigenvalue weighted by atomic mass is 9.91. The van der Waals surface area contributed by atoms with Crippen molar-refractivity contribution in [2.45, 2.75) is 24.4 Å². The Bertz CT molecular complexity index is 815. The number of rotatable bonds is 8. The molecule has 1 fully saturated rings. The first-order valence-electron chi connectivity index (χ1n) is 9.33. The van der Waals surface area contributed by atoms with Gasteiger partial charge >= 0.3 is 6.09 Å². The molecule has 0 aromatic heterocycles. The summed E-state index contributed by atoms with van der Waals surface area (Å²) >= 11 is 0. The molecule has 1 amide bonds. The van der Waals surface area contributed by atoms with Crippen molar-refractivity contribution in [3.63, 3.8) is 0 Å². The Labute approximate surface area is 168 Å². The predicted octanol–water partition coefficient (Wildman–Crippen LogP) is 2.35.